The normalized spacial score (nSPS) is 14.9. The molecule has 1 aromatic carbocycles. The van der Waals surface area contributed by atoms with Crippen molar-refractivity contribution in [3.8, 4) is 0 Å². The topological polar surface area (TPSA) is 46.2 Å². The number of nitrogens with one attached hydrogen (secondary N) is 1. The first-order valence-corrected chi connectivity index (χ1v) is 9.42. The van der Waals surface area contributed by atoms with Crippen molar-refractivity contribution in [1.82, 2.24) is 5.32 Å². The van der Waals surface area contributed by atoms with Gasteiger partial charge in [-0.05, 0) is 23.9 Å². The van der Waals surface area contributed by atoms with Gasteiger partial charge >= 0.3 is 0 Å². The van der Waals surface area contributed by atoms with Crippen molar-refractivity contribution in [2.24, 2.45) is 0 Å². The third-order valence-corrected chi connectivity index (χ3v) is 5.01. The first kappa shape index (κ1) is 15.2. The van der Waals surface area contributed by atoms with Gasteiger partial charge in [-0.1, -0.05) is 36.4 Å². The van der Waals surface area contributed by atoms with Crippen molar-refractivity contribution in [3.05, 3.63) is 58.3 Å². The van der Waals surface area contributed by atoms with E-state index >= 15 is 0 Å². The molecule has 1 aromatic heterocycles. The van der Waals surface area contributed by atoms with E-state index in [2.05, 4.69) is 23.5 Å². The zero-order valence-corrected chi connectivity index (χ0v) is 13.2. The minimum atomic E-state index is -2.98. The number of sulfone groups is 1. The average Bonchev–Trinajstić information content (AvgIpc) is 2.88. The minimum absolute atomic E-state index is 0.0351. The molecule has 2 atom stereocenters. The van der Waals surface area contributed by atoms with Crippen molar-refractivity contribution >= 4 is 21.2 Å². The summed E-state index contributed by atoms with van der Waals surface area (Å²) in [6.45, 7) is 1.91. The predicted octanol–water partition coefficient (Wildman–Crippen LogP) is 2.86. The highest BCUT2D eigenvalue weighted by molar-refractivity contribution is 7.90. The lowest BCUT2D eigenvalue weighted by molar-refractivity contribution is 0.524. The van der Waals surface area contributed by atoms with Crippen LogP contribution in [0.15, 0.2) is 47.8 Å². The van der Waals surface area contributed by atoms with E-state index in [0.29, 0.717) is 0 Å². The molecule has 0 saturated carbocycles. The first-order chi connectivity index (χ1) is 9.46. The average molecular weight is 309 g/mol. The van der Waals surface area contributed by atoms with Gasteiger partial charge in [-0.15, -0.1) is 11.3 Å². The number of thiophene rings is 1. The van der Waals surface area contributed by atoms with E-state index in [1.54, 1.807) is 11.3 Å². The summed E-state index contributed by atoms with van der Waals surface area (Å²) >= 11 is 1.67. The monoisotopic (exact) mass is 309 g/mol. The summed E-state index contributed by atoms with van der Waals surface area (Å²) in [6, 6.07) is 14.1. The van der Waals surface area contributed by atoms with Crippen molar-refractivity contribution in [2.45, 2.75) is 19.0 Å². The Kier molecular flexibility index (Phi) is 4.96. The molecular formula is C15H19NO2S2. The van der Waals surface area contributed by atoms with Crippen LogP contribution in [0.5, 0.6) is 0 Å². The molecule has 0 aliphatic heterocycles. The first-order valence-electron chi connectivity index (χ1n) is 6.48. The van der Waals surface area contributed by atoms with Crippen LogP contribution < -0.4 is 5.32 Å². The van der Waals surface area contributed by atoms with Crippen LogP contribution in [-0.4, -0.2) is 26.5 Å². The molecule has 2 aromatic rings. The van der Waals surface area contributed by atoms with Crippen LogP contribution in [0.1, 0.15) is 23.4 Å². The lowest BCUT2D eigenvalue weighted by Crippen LogP contribution is -2.35. The van der Waals surface area contributed by atoms with E-state index in [1.165, 1.54) is 11.1 Å². The van der Waals surface area contributed by atoms with Gasteiger partial charge in [0, 0.05) is 17.2 Å². The molecule has 20 heavy (non-hydrogen) atoms. The smallest absolute Gasteiger partial charge is 0.148 e. The Morgan fingerprint density at radius 1 is 1.15 bits per heavy atom. The molecule has 0 saturated heterocycles. The second kappa shape index (κ2) is 6.52. The largest absolute Gasteiger partial charge is 0.302 e. The molecular weight excluding hydrogens is 290 g/mol. The standard InChI is InChI=1S/C15H19NO2S2/c1-12(11-20(2,17)18)16-15(14-9-6-10-19-14)13-7-4-3-5-8-13/h3-10,12,15-16H,11H2,1-2H3. The maximum atomic E-state index is 11.4. The quantitative estimate of drug-likeness (QED) is 0.892. The Hall–Kier alpha value is -1.17. The van der Waals surface area contributed by atoms with Gasteiger partial charge in [-0.2, -0.15) is 0 Å². The highest BCUT2D eigenvalue weighted by atomic mass is 32.2. The number of hydrogen-bond acceptors (Lipinski definition) is 4. The molecule has 0 aliphatic carbocycles. The van der Waals surface area contributed by atoms with Crippen LogP contribution in [0.3, 0.4) is 0 Å². The minimum Gasteiger partial charge on any atom is -0.302 e. The third-order valence-electron chi connectivity index (χ3n) is 2.96. The fourth-order valence-corrected chi connectivity index (χ4v) is 4.05. The van der Waals surface area contributed by atoms with E-state index in [4.69, 9.17) is 0 Å². The molecule has 1 heterocycles. The second-order valence-corrected chi connectivity index (χ2v) is 8.18. The molecule has 0 fully saturated rings. The molecule has 2 rings (SSSR count). The molecule has 5 heteroatoms. The Labute approximate surface area is 124 Å². The van der Waals surface area contributed by atoms with Gasteiger partial charge in [0.15, 0.2) is 0 Å². The van der Waals surface area contributed by atoms with E-state index in [1.807, 2.05) is 36.6 Å². The fraction of sp³-hybridized carbons (Fsp3) is 0.333. The number of benzene rings is 1. The van der Waals surface area contributed by atoms with Crippen molar-refractivity contribution in [2.75, 3.05) is 12.0 Å². The summed E-state index contributed by atoms with van der Waals surface area (Å²) in [4.78, 5) is 1.19. The lowest BCUT2D eigenvalue weighted by atomic mass is 10.0. The molecule has 0 amide bonds. The van der Waals surface area contributed by atoms with E-state index in [-0.39, 0.29) is 17.8 Å². The van der Waals surface area contributed by atoms with E-state index in [0.717, 1.165) is 5.56 Å². The highest BCUT2D eigenvalue weighted by Crippen LogP contribution is 2.26. The zero-order chi connectivity index (χ0) is 14.6. The van der Waals surface area contributed by atoms with Crippen LogP contribution >= 0.6 is 11.3 Å². The molecule has 2 unspecified atom stereocenters. The molecule has 108 valence electrons. The van der Waals surface area contributed by atoms with Gasteiger partial charge in [0.05, 0.1) is 11.8 Å². The summed E-state index contributed by atoms with van der Waals surface area (Å²) in [6.07, 6.45) is 1.27. The summed E-state index contributed by atoms with van der Waals surface area (Å²) in [5.41, 5.74) is 1.15. The van der Waals surface area contributed by atoms with Gasteiger partial charge in [0.25, 0.3) is 0 Å². The highest BCUT2D eigenvalue weighted by Gasteiger charge is 2.19. The van der Waals surface area contributed by atoms with Gasteiger partial charge in [-0.3, -0.25) is 0 Å². The lowest BCUT2D eigenvalue weighted by Gasteiger charge is -2.22. The van der Waals surface area contributed by atoms with Gasteiger partial charge < -0.3 is 5.32 Å². The van der Waals surface area contributed by atoms with Gasteiger partial charge in [0.1, 0.15) is 9.84 Å². The van der Waals surface area contributed by atoms with Gasteiger partial charge in [-0.25, -0.2) is 8.42 Å². The molecule has 0 spiro atoms. The van der Waals surface area contributed by atoms with Gasteiger partial charge in [0.2, 0.25) is 0 Å². The molecule has 0 bridgehead atoms. The summed E-state index contributed by atoms with van der Waals surface area (Å²) in [7, 11) is -2.98. The summed E-state index contributed by atoms with van der Waals surface area (Å²) in [5.74, 6) is 0.141. The third kappa shape index (κ3) is 4.44. The predicted molar refractivity (Wildman–Crippen MR) is 84.9 cm³/mol. The van der Waals surface area contributed by atoms with Crippen LogP contribution in [0.4, 0.5) is 0 Å². The second-order valence-electron chi connectivity index (χ2n) is 5.02. The van der Waals surface area contributed by atoms with Crippen LogP contribution in [0.25, 0.3) is 0 Å². The maximum absolute atomic E-state index is 11.4. The van der Waals surface area contributed by atoms with Crippen LogP contribution in [0.2, 0.25) is 0 Å². The Morgan fingerprint density at radius 2 is 1.85 bits per heavy atom. The molecule has 1 N–H and O–H groups in total. The molecule has 0 radical (unpaired) electrons. The molecule has 3 nitrogen and oxygen atoms in total. The van der Waals surface area contributed by atoms with Crippen LogP contribution in [-0.2, 0) is 9.84 Å². The van der Waals surface area contributed by atoms with E-state index in [9.17, 15) is 8.42 Å². The van der Waals surface area contributed by atoms with Crippen molar-refractivity contribution in [3.63, 3.8) is 0 Å². The molecule has 0 aliphatic rings. The van der Waals surface area contributed by atoms with Crippen molar-refractivity contribution in [1.29, 1.82) is 0 Å². The maximum Gasteiger partial charge on any atom is 0.148 e. The van der Waals surface area contributed by atoms with E-state index < -0.39 is 9.84 Å². The zero-order valence-electron chi connectivity index (χ0n) is 11.6. The van der Waals surface area contributed by atoms with Crippen molar-refractivity contribution < 1.29 is 8.42 Å². The Morgan fingerprint density at radius 3 is 2.40 bits per heavy atom. The summed E-state index contributed by atoms with van der Waals surface area (Å²) in [5, 5.41) is 5.46. The Balaban J connectivity index is 2.21. The summed E-state index contributed by atoms with van der Waals surface area (Å²) < 4.78 is 22.8. The fourth-order valence-electron chi connectivity index (χ4n) is 2.23. The van der Waals surface area contributed by atoms with Crippen LogP contribution in [0, 0.1) is 0 Å². The number of rotatable bonds is 6. The number of hydrogen-bond donors (Lipinski definition) is 1. The Bertz CT molecular complexity index is 621. The SMILES string of the molecule is CC(CS(C)(=O)=O)NC(c1ccccc1)c1cccs1.